The zero-order valence-corrected chi connectivity index (χ0v) is 14.5. The second-order valence-electron chi connectivity index (χ2n) is 5.46. The summed E-state index contributed by atoms with van der Waals surface area (Å²) in [4.78, 5) is 0. The maximum absolute atomic E-state index is 13.8. The lowest BCUT2D eigenvalue weighted by molar-refractivity contribution is 0.599. The molecule has 0 saturated heterocycles. The molecule has 0 aliphatic heterocycles. The maximum Gasteiger partial charge on any atom is 0.191 e. The lowest BCUT2D eigenvalue weighted by atomic mass is 10.2. The van der Waals surface area contributed by atoms with Gasteiger partial charge in [0.05, 0.1) is 24.1 Å². The normalized spacial score (nSPS) is 10.8. The molecule has 3 rings (SSSR count). The third-order valence-electron chi connectivity index (χ3n) is 3.65. The van der Waals surface area contributed by atoms with Crippen molar-refractivity contribution in [3.63, 3.8) is 0 Å². The predicted octanol–water partition coefficient (Wildman–Crippen LogP) is 4.14. The number of rotatable bonds is 5. The summed E-state index contributed by atoms with van der Waals surface area (Å²) < 4.78 is 29.2. The molecule has 0 atom stereocenters. The summed E-state index contributed by atoms with van der Waals surface area (Å²) in [5.74, 6) is -0.656. The van der Waals surface area contributed by atoms with Gasteiger partial charge in [-0.25, -0.2) is 8.78 Å². The van der Waals surface area contributed by atoms with Crippen LogP contribution in [-0.4, -0.2) is 15.9 Å². The number of nitrogens with zero attached hydrogens (tertiary/aromatic N) is 2. The summed E-state index contributed by atoms with van der Waals surface area (Å²) in [7, 11) is 0. The first-order valence-corrected chi connectivity index (χ1v) is 8.27. The Morgan fingerprint density at radius 2 is 1.73 bits per heavy atom. The van der Waals surface area contributed by atoms with Crippen molar-refractivity contribution in [3.8, 4) is 0 Å². The summed E-state index contributed by atoms with van der Waals surface area (Å²) in [6, 6.07) is 16.5. The van der Waals surface area contributed by atoms with Crippen molar-refractivity contribution in [2.45, 2.75) is 6.54 Å². The van der Waals surface area contributed by atoms with Crippen LogP contribution in [-0.2, 0) is 6.54 Å². The largest absolute Gasteiger partial charge is 0.342 e. The Balaban J connectivity index is 1.61. The highest BCUT2D eigenvalue weighted by Crippen LogP contribution is 2.12. The average Bonchev–Trinajstić information content (AvgIpc) is 3.06. The van der Waals surface area contributed by atoms with Crippen molar-refractivity contribution >= 4 is 29.2 Å². The van der Waals surface area contributed by atoms with E-state index < -0.39 is 5.82 Å². The van der Waals surface area contributed by atoms with Crippen LogP contribution in [0, 0.1) is 11.6 Å². The topological polar surface area (TPSA) is 41.4 Å². The van der Waals surface area contributed by atoms with Gasteiger partial charge < -0.3 is 9.88 Å². The lowest BCUT2D eigenvalue weighted by Gasteiger charge is -2.09. The number of para-hydroxylation sites is 1. The van der Waals surface area contributed by atoms with Crippen LogP contribution in [0.5, 0.6) is 0 Å². The van der Waals surface area contributed by atoms with Gasteiger partial charge in [-0.3, -0.25) is 5.43 Å². The fourth-order valence-corrected chi connectivity index (χ4v) is 2.53. The summed E-state index contributed by atoms with van der Waals surface area (Å²) in [6.07, 6.45) is 3.40. The Hall–Kier alpha value is -3.06. The van der Waals surface area contributed by atoms with Crippen molar-refractivity contribution in [1.29, 1.82) is 0 Å². The number of hydrazone groups is 1. The van der Waals surface area contributed by atoms with Crippen LogP contribution in [0.1, 0.15) is 11.3 Å². The number of hydrogen-bond donors (Lipinski definition) is 2. The zero-order valence-electron chi connectivity index (χ0n) is 13.7. The molecule has 0 spiro atoms. The SMILES string of the molecule is Fc1ccccc1Cn1cccc1/C=N\NC(=S)Nc1ccccc1F. The second kappa shape index (κ2) is 8.35. The molecule has 132 valence electrons. The Morgan fingerprint density at radius 1 is 1.00 bits per heavy atom. The number of aromatic nitrogens is 1. The van der Waals surface area contributed by atoms with Crippen LogP contribution >= 0.6 is 12.2 Å². The van der Waals surface area contributed by atoms with E-state index in [0.717, 1.165) is 5.69 Å². The number of halogens is 2. The smallest absolute Gasteiger partial charge is 0.191 e. The first kappa shape index (κ1) is 17.8. The number of benzene rings is 2. The first-order chi connectivity index (χ1) is 12.6. The van der Waals surface area contributed by atoms with Gasteiger partial charge in [-0.15, -0.1) is 0 Å². The lowest BCUT2D eigenvalue weighted by Crippen LogP contribution is -2.24. The number of anilines is 1. The summed E-state index contributed by atoms with van der Waals surface area (Å²) >= 11 is 5.09. The highest BCUT2D eigenvalue weighted by molar-refractivity contribution is 7.80. The van der Waals surface area contributed by atoms with Gasteiger partial charge in [0.1, 0.15) is 11.6 Å². The Kier molecular flexibility index (Phi) is 5.70. The molecule has 0 radical (unpaired) electrons. The molecule has 0 fully saturated rings. The molecular formula is C19H16F2N4S. The van der Waals surface area contributed by atoms with Crippen molar-refractivity contribution in [2.24, 2.45) is 5.10 Å². The zero-order chi connectivity index (χ0) is 18.4. The molecule has 1 aromatic heterocycles. The molecule has 4 nitrogen and oxygen atoms in total. The highest BCUT2D eigenvalue weighted by atomic mass is 32.1. The number of nitrogens with one attached hydrogen (secondary N) is 2. The highest BCUT2D eigenvalue weighted by Gasteiger charge is 2.05. The van der Waals surface area contributed by atoms with E-state index in [2.05, 4.69) is 15.8 Å². The van der Waals surface area contributed by atoms with Crippen LogP contribution in [0.2, 0.25) is 0 Å². The van der Waals surface area contributed by atoms with E-state index in [-0.39, 0.29) is 16.6 Å². The summed E-state index contributed by atoms with van der Waals surface area (Å²) in [6.45, 7) is 0.388. The molecule has 26 heavy (non-hydrogen) atoms. The molecule has 0 amide bonds. The van der Waals surface area contributed by atoms with Gasteiger partial charge in [0.2, 0.25) is 0 Å². The van der Waals surface area contributed by atoms with Crippen molar-refractivity contribution in [3.05, 3.63) is 89.8 Å². The van der Waals surface area contributed by atoms with Gasteiger partial charge in [0, 0.05) is 11.8 Å². The number of hydrogen-bond acceptors (Lipinski definition) is 2. The van der Waals surface area contributed by atoms with Gasteiger partial charge >= 0.3 is 0 Å². The Morgan fingerprint density at radius 3 is 2.50 bits per heavy atom. The third-order valence-corrected chi connectivity index (χ3v) is 3.84. The van der Waals surface area contributed by atoms with Crippen molar-refractivity contribution < 1.29 is 8.78 Å². The van der Waals surface area contributed by atoms with E-state index in [4.69, 9.17) is 12.2 Å². The van der Waals surface area contributed by atoms with Gasteiger partial charge in [0.15, 0.2) is 5.11 Å². The van der Waals surface area contributed by atoms with Crippen LogP contribution in [0.4, 0.5) is 14.5 Å². The van der Waals surface area contributed by atoms with E-state index in [9.17, 15) is 8.78 Å². The molecule has 0 unspecified atom stereocenters. The molecule has 7 heteroatoms. The first-order valence-electron chi connectivity index (χ1n) is 7.86. The van der Waals surface area contributed by atoms with E-state index in [1.165, 1.54) is 12.1 Å². The molecule has 3 aromatic rings. The fraction of sp³-hybridized carbons (Fsp3) is 0.0526. The fourth-order valence-electron chi connectivity index (χ4n) is 2.37. The molecule has 2 N–H and O–H groups in total. The van der Waals surface area contributed by atoms with E-state index >= 15 is 0 Å². The van der Waals surface area contributed by atoms with Gasteiger partial charge in [-0.1, -0.05) is 30.3 Å². The standard InChI is InChI=1S/C19H16F2N4S/c20-16-8-2-1-6-14(16)13-25-11-5-7-15(25)12-22-24-19(26)23-18-10-4-3-9-17(18)21/h1-12H,13H2,(H2,23,24,26)/b22-12-. The van der Waals surface area contributed by atoms with Gasteiger partial charge in [0.25, 0.3) is 0 Å². The van der Waals surface area contributed by atoms with E-state index in [0.29, 0.717) is 12.1 Å². The summed E-state index contributed by atoms with van der Waals surface area (Å²) in [5, 5.41) is 6.94. The van der Waals surface area contributed by atoms with Crippen LogP contribution in [0.3, 0.4) is 0 Å². The summed E-state index contributed by atoms with van der Waals surface area (Å²) in [5.41, 5.74) is 4.26. The van der Waals surface area contributed by atoms with E-state index in [1.807, 2.05) is 22.9 Å². The minimum atomic E-state index is -0.403. The van der Waals surface area contributed by atoms with Crippen molar-refractivity contribution in [1.82, 2.24) is 9.99 Å². The van der Waals surface area contributed by atoms with Crippen molar-refractivity contribution in [2.75, 3.05) is 5.32 Å². The second-order valence-corrected chi connectivity index (χ2v) is 5.86. The van der Waals surface area contributed by atoms with Gasteiger partial charge in [-0.2, -0.15) is 5.10 Å². The molecule has 0 aliphatic rings. The van der Waals surface area contributed by atoms with Crippen LogP contribution in [0.25, 0.3) is 0 Å². The average molecular weight is 370 g/mol. The molecule has 0 bridgehead atoms. The quantitative estimate of drug-likeness (QED) is 0.403. The molecule has 0 saturated carbocycles. The molecule has 1 heterocycles. The number of thiocarbonyl (C=S) groups is 1. The molecule has 0 aliphatic carbocycles. The monoisotopic (exact) mass is 370 g/mol. The molecule has 2 aromatic carbocycles. The van der Waals surface area contributed by atoms with Gasteiger partial charge in [-0.05, 0) is 42.5 Å². The Labute approximate surface area is 155 Å². The Bertz CT molecular complexity index is 937. The minimum Gasteiger partial charge on any atom is -0.342 e. The minimum absolute atomic E-state index is 0.165. The molecular weight excluding hydrogens is 354 g/mol. The van der Waals surface area contributed by atoms with Crippen LogP contribution < -0.4 is 10.7 Å². The van der Waals surface area contributed by atoms with Crippen LogP contribution in [0.15, 0.2) is 72.0 Å². The predicted molar refractivity (Wildman–Crippen MR) is 103 cm³/mol. The van der Waals surface area contributed by atoms with E-state index in [1.54, 1.807) is 42.6 Å². The third kappa shape index (κ3) is 4.52. The maximum atomic E-state index is 13.8.